The molecule has 0 radical (unpaired) electrons. The number of carbonyl (C=O) groups excluding carboxylic acids is 2. The van der Waals surface area contributed by atoms with Crippen LogP contribution < -0.4 is 5.32 Å². The van der Waals surface area contributed by atoms with Crippen molar-refractivity contribution in [2.24, 2.45) is 0 Å². The number of amides is 2. The minimum absolute atomic E-state index is 0.0782. The number of hydrogen-bond donors (Lipinski definition) is 1. The van der Waals surface area contributed by atoms with E-state index in [4.69, 9.17) is 0 Å². The lowest BCUT2D eigenvalue weighted by Gasteiger charge is -2.24. The molecule has 1 aliphatic rings. The third kappa shape index (κ3) is 3.24. The molecule has 110 valence electrons. The van der Waals surface area contributed by atoms with Crippen LogP contribution in [0.2, 0.25) is 0 Å². The van der Waals surface area contributed by atoms with E-state index in [1.165, 1.54) is 0 Å². The third-order valence-corrected chi connectivity index (χ3v) is 2.61. The third-order valence-electron chi connectivity index (χ3n) is 2.61. The van der Waals surface area contributed by atoms with Gasteiger partial charge in [0.25, 0.3) is 0 Å². The minimum atomic E-state index is -5.93. The van der Waals surface area contributed by atoms with Gasteiger partial charge in [0.2, 0.25) is 0 Å². The number of nitrogens with zero attached hydrogens (tertiary/aromatic N) is 1. The first kappa shape index (κ1) is 15.4. The van der Waals surface area contributed by atoms with Gasteiger partial charge in [-0.2, -0.15) is 22.0 Å². The van der Waals surface area contributed by atoms with E-state index in [0.29, 0.717) is 4.90 Å². The first-order valence-electron chi connectivity index (χ1n) is 5.18. The van der Waals surface area contributed by atoms with Gasteiger partial charge >= 0.3 is 24.1 Å². The van der Waals surface area contributed by atoms with Crippen LogP contribution in [0.25, 0.3) is 0 Å². The highest BCUT2D eigenvalue weighted by Gasteiger charge is 2.65. The minimum Gasteiger partial charge on any atom is -0.453 e. The van der Waals surface area contributed by atoms with Crippen LogP contribution >= 0.6 is 0 Å². The number of alkyl halides is 5. The second kappa shape index (κ2) is 5.17. The summed E-state index contributed by atoms with van der Waals surface area (Å²) in [5.41, 5.74) is 0. The van der Waals surface area contributed by atoms with Crippen molar-refractivity contribution in [3.8, 4) is 0 Å². The van der Waals surface area contributed by atoms with Crippen LogP contribution in [0.1, 0.15) is 6.42 Å². The van der Waals surface area contributed by atoms with Crippen LogP contribution in [0.15, 0.2) is 0 Å². The van der Waals surface area contributed by atoms with Crippen LogP contribution in [0.3, 0.4) is 0 Å². The highest BCUT2D eigenvalue weighted by atomic mass is 19.4. The fourth-order valence-corrected chi connectivity index (χ4v) is 1.61. The highest BCUT2D eigenvalue weighted by molar-refractivity contribution is 5.84. The molecule has 1 heterocycles. The zero-order valence-corrected chi connectivity index (χ0v) is 9.76. The van der Waals surface area contributed by atoms with Gasteiger partial charge in [-0.15, -0.1) is 0 Å². The lowest BCUT2D eigenvalue weighted by Crippen LogP contribution is -2.52. The quantitative estimate of drug-likeness (QED) is 0.776. The molecule has 1 fully saturated rings. The molecule has 19 heavy (non-hydrogen) atoms. The number of alkyl carbamates (subject to hydrolysis) is 1. The van der Waals surface area contributed by atoms with Crippen molar-refractivity contribution in [1.29, 1.82) is 0 Å². The van der Waals surface area contributed by atoms with Crippen molar-refractivity contribution in [3.05, 3.63) is 0 Å². The second-order valence-corrected chi connectivity index (χ2v) is 3.94. The van der Waals surface area contributed by atoms with Crippen molar-refractivity contribution in [1.82, 2.24) is 10.2 Å². The summed E-state index contributed by atoms with van der Waals surface area (Å²) in [6, 6.07) is -0.708. The van der Waals surface area contributed by atoms with Gasteiger partial charge in [-0.1, -0.05) is 0 Å². The van der Waals surface area contributed by atoms with Gasteiger partial charge < -0.3 is 15.0 Å². The van der Waals surface area contributed by atoms with Gasteiger partial charge in [0.1, 0.15) is 0 Å². The van der Waals surface area contributed by atoms with Gasteiger partial charge in [0.15, 0.2) is 0 Å². The zero-order valence-electron chi connectivity index (χ0n) is 9.76. The molecule has 5 nitrogen and oxygen atoms in total. The maximum absolute atomic E-state index is 12.8. The van der Waals surface area contributed by atoms with E-state index in [2.05, 4.69) is 10.1 Å². The van der Waals surface area contributed by atoms with Gasteiger partial charge in [-0.25, -0.2) is 4.79 Å². The number of likely N-dealkylation sites (tertiary alicyclic amines) is 1. The predicted molar refractivity (Wildman–Crippen MR) is 51.5 cm³/mol. The fraction of sp³-hybridized carbons (Fsp3) is 0.778. The smallest absolute Gasteiger partial charge is 0.453 e. The molecule has 10 heteroatoms. The number of nitrogens with one attached hydrogen (secondary N) is 1. The maximum atomic E-state index is 12.8. The lowest BCUT2D eigenvalue weighted by molar-refractivity contribution is -0.274. The molecule has 0 aromatic carbocycles. The van der Waals surface area contributed by atoms with Crippen molar-refractivity contribution >= 4 is 12.0 Å². The van der Waals surface area contributed by atoms with Gasteiger partial charge in [0.05, 0.1) is 13.2 Å². The molecule has 0 bridgehead atoms. The fourth-order valence-electron chi connectivity index (χ4n) is 1.61. The van der Waals surface area contributed by atoms with E-state index >= 15 is 0 Å². The Morgan fingerprint density at radius 2 is 1.84 bits per heavy atom. The number of methoxy groups -OCH3 is 1. The molecule has 0 aromatic heterocycles. The standard InChI is InChI=1S/C9H11F5N2O3/c1-19-7(18)15-5-2-3-16(4-5)6(17)8(10,11)9(12,13)14/h5H,2-4H2,1H3,(H,15,18). The Morgan fingerprint density at radius 3 is 2.32 bits per heavy atom. The number of rotatable bonds is 2. The predicted octanol–water partition coefficient (Wildman–Crippen LogP) is 1.14. The average Bonchev–Trinajstić information content (AvgIpc) is 2.74. The first-order valence-corrected chi connectivity index (χ1v) is 5.18. The number of halogens is 5. The lowest BCUT2D eigenvalue weighted by atomic mass is 10.2. The summed E-state index contributed by atoms with van der Waals surface area (Å²) in [5.74, 6) is -7.73. The van der Waals surface area contributed by atoms with Crippen molar-refractivity contribution in [2.75, 3.05) is 20.2 Å². The normalized spacial score (nSPS) is 20.3. The summed E-state index contributed by atoms with van der Waals surface area (Å²) < 4.78 is 65.9. The van der Waals surface area contributed by atoms with E-state index in [1.807, 2.05) is 0 Å². The molecule has 0 spiro atoms. The van der Waals surface area contributed by atoms with E-state index in [1.54, 1.807) is 0 Å². The van der Waals surface area contributed by atoms with Crippen LogP contribution in [-0.4, -0.2) is 55.2 Å². The summed E-state index contributed by atoms with van der Waals surface area (Å²) in [4.78, 5) is 22.3. The summed E-state index contributed by atoms with van der Waals surface area (Å²) in [5, 5.41) is 2.22. The number of hydrogen-bond acceptors (Lipinski definition) is 3. The number of carbonyl (C=O) groups is 2. The molecule has 1 saturated heterocycles. The maximum Gasteiger partial charge on any atom is 0.463 e. The molecule has 1 rings (SSSR count). The largest absolute Gasteiger partial charge is 0.463 e. The molecule has 2 amide bonds. The Balaban J connectivity index is 2.65. The van der Waals surface area contributed by atoms with Crippen LogP contribution in [-0.2, 0) is 9.53 Å². The van der Waals surface area contributed by atoms with E-state index < -0.39 is 36.7 Å². The van der Waals surface area contributed by atoms with Gasteiger partial charge in [-0.05, 0) is 6.42 Å². The molecule has 1 aliphatic heterocycles. The Kier molecular flexibility index (Phi) is 4.21. The van der Waals surface area contributed by atoms with E-state index in [0.717, 1.165) is 7.11 Å². The van der Waals surface area contributed by atoms with Crippen LogP contribution in [0, 0.1) is 0 Å². The molecule has 0 saturated carbocycles. The average molecular weight is 290 g/mol. The molecular formula is C9H11F5N2O3. The van der Waals surface area contributed by atoms with Crippen LogP contribution in [0.5, 0.6) is 0 Å². The Bertz CT molecular complexity index is 371. The first-order chi connectivity index (χ1) is 8.59. The van der Waals surface area contributed by atoms with Gasteiger partial charge in [0, 0.05) is 13.1 Å². The SMILES string of the molecule is COC(=O)NC1CCN(C(=O)C(F)(F)C(F)(F)F)C1. The second-order valence-electron chi connectivity index (χ2n) is 3.94. The van der Waals surface area contributed by atoms with E-state index in [9.17, 15) is 31.5 Å². The zero-order chi connectivity index (χ0) is 14.8. The summed E-state index contributed by atoms with van der Waals surface area (Å²) in [6.07, 6.45) is -6.70. The molecular weight excluding hydrogens is 279 g/mol. The molecule has 0 aromatic rings. The van der Waals surface area contributed by atoms with Crippen molar-refractivity contribution in [2.45, 2.75) is 24.6 Å². The van der Waals surface area contributed by atoms with Crippen molar-refractivity contribution < 1.29 is 36.3 Å². The Labute approximate surface area is 104 Å². The summed E-state index contributed by atoms with van der Waals surface area (Å²) in [6.45, 7) is -0.710. The Morgan fingerprint density at radius 1 is 1.26 bits per heavy atom. The molecule has 0 aliphatic carbocycles. The summed E-state index contributed by atoms with van der Waals surface area (Å²) in [7, 11) is 1.07. The van der Waals surface area contributed by atoms with Crippen molar-refractivity contribution in [3.63, 3.8) is 0 Å². The molecule has 1 N–H and O–H groups in total. The topological polar surface area (TPSA) is 58.6 Å². The Hall–Kier alpha value is -1.61. The number of ether oxygens (including phenoxy) is 1. The summed E-state index contributed by atoms with van der Waals surface area (Å²) >= 11 is 0. The van der Waals surface area contributed by atoms with E-state index in [-0.39, 0.29) is 13.0 Å². The molecule has 1 atom stereocenters. The molecule has 1 unspecified atom stereocenters. The monoisotopic (exact) mass is 290 g/mol. The van der Waals surface area contributed by atoms with Gasteiger partial charge in [-0.3, -0.25) is 4.79 Å². The van der Waals surface area contributed by atoms with Crippen LogP contribution in [0.4, 0.5) is 26.7 Å². The highest BCUT2D eigenvalue weighted by Crippen LogP contribution is 2.37.